The third-order valence-electron chi connectivity index (χ3n) is 4.45. The molecule has 2 rings (SSSR count). The van der Waals surface area contributed by atoms with Crippen LogP contribution in [0.1, 0.15) is 26.7 Å². The van der Waals surface area contributed by atoms with Gasteiger partial charge in [0.05, 0.1) is 0 Å². The van der Waals surface area contributed by atoms with Crippen LogP contribution >= 0.6 is 0 Å². The molecule has 1 aliphatic rings. The maximum Gasteiger partial charge on any atom is 0.0367 e. The second kappa shape index (κ2) is 7.09. The van der Waals surface area contributed by atoms with Crippen molar-refractivity contribution in [1.82, 2.24) is 4.90 Å². The van der Waals surface area contributed by atoms with Gasteiger partial charge in [0.15, 0.2) is 0 Å². The number of hydrogen-bond donors (Lipinski definition) is 1. The molecule has 1 aromatic carbocycles. The van der Waals surface area contributed by atoms with Gasteiger partial charge < -0.3 is 10.6 Å². The zero-order chi connectivity index (χ0) is 14.4. The Morgan fingerprint density at radius 1 is 1.10 bits per heavy atom. The Morgan fingerprint density at radius 3 is 2.30 bits per heavy atom. The van der Waals surface area contributed by atoms with Crippen LogP contribution in [0.15, 0.2) is 30.3 Å². The highest BCUT2D eigenvalue weighted by Crippen LogP contribution is 2.24. The molecule has 1 atom stereocenters. The lowest BCUT2D eigenvalue weighted by atomic mass is 9.85. The van der Waals surface area contributed by atoms with Crippen molar-refractivity contribution in [2.75, 3.05) is 44.2 Å². The average molecular weight is 275 g/mol. The lowest BCUT2D eigenvalue weighted by Crippen LogP contribution is -2.50. The van der Waals surface area contributed by atoms with Gasteiger partial charge in [-0.15, -0.1) is 0 Å². The van der Waals surface area contributed by atoms with Crippen LogP contribution in [0.5, 0.6) is 0 Å². The summed E-state index contributed by atoms with van der Waals surface area (Å²) in [5.41, 5.74) is 7.62. The van der Waals surface area contributed by atoms with Crippen molar-refractivity contribution in [1.29, 1.82) is 0 Å². The zero-order valence-corrected chi connectivity index (χ0v) is 13.0. The van der Waals surface area contributed by atoms with Crippen LogP contribution in [0.2, 0.25) is 0 Å². The third kappa shape index (κ3) is 3.97. The lowest BCUT2D eigenvalue weighted by molar-refractivity contribution is 0.152. The van der Waals surface area contributed by atoms with E-state index in [1.54, 1.807) is 0 Å². The van der Waals surface area contributed by atoms with Crippen molar-refractivity contribution in [3.63, 3.8) is 0 Å². The maximum absolute atomic E-state index is 5.99. The molecular formula is C17H29N3. The van der Waals surface area contributed by atoms with E-state index in [1.807, 2.05) is 0 Å². The molecule has 0 amide bonds. The molecule has 0 aliphatic carbocycles. The van der Waals surface area contributed by atoms with Gasteiger partial charge in [0.1, 0.15) is 0 Å². The second-order valence-electron chi connectivity index (χ2n) is 6.36. The van der Waals surface area contributed by atoms with Crippen LogP contribution in [0, 0.1) is 5.41 Å². The molecule has 0 aromatic heterocycles. The SMILES string of the molecule is CCCC(C)(CN)CN1CCN(c2ccccc2)CC1. The quantitative estimate of drug-likeness (QED) is 0.866. The molecule has 112 valence electrons. The maximum atomic E-state index is 5.99. The van der Waals surface area contributed by atoms with Crippen molar-refractivity contribution in [2.45, 2.75) is 26.7 Å². The van der Waals surface area contributed by atoms with Crippen molar-refractivity contribution < 1.29 is 0 Å². The van der Waals surface area contributed by atoms with E-state index in [-0.39, 0.29) is 5.41 Å². The molecule has 3 heteroatoms. The van der Waals surface area contributed by atoms with Gasteiger partial charge in [-0.05, 0) is 30.5 Å². The predicted octanol–water partition coefficient (Wildman–Crippen LogP) is 2.57. The van der Waals surface area contributed by atoms with E-state index in [0.717, 1.165) is 39.3 Å². The second-order valence-corrected chi connectivity index (χ2v) is 6.36. The van der Waals surface area contributed by atoms with E-state index < -0.39 is 0 Å². The Morgan fingerprint density at radius 2 is 1.75 bits per heavy atom. The first kappa shape index (κ1) is 15.3. The first-order valence-electron chi connectivity index (χ1n) is 7.89. The number of piperazine rings is 1. The molecule has 0 spiro atoms. The van der Waals surface area contributed by atoms with Gasteiger partial charge in [-0.25, -0.2) is 0 Å². The number of nitrogens with two attached hydrogens (primary N) is 1. The minimum absolute atomic E-state index is 0.281. The first-order valence-corrected chi connectivity index (χ1v) is 7.89. The molecule has 1 heterocycles. The zero-order valence-electron chi connectivity index (χ0n) is 13.0. The number of benzene rings is 1. The molecule has 1 aliphatic heterocycles. The molecule has 1 unspecified atom stereocenters. The van der Waals surface area contributed by atoms with Crippen LogP contribution in [-0.2, 0) is 0 Å². The summed E-state index contributed by atoms with van der Waals surface area (Å²) in [6.45, 7) is 11.1. The summed E-state index contributed by atoms with van der Waals surface area (Å²) >= 11 is 0. The van der Waals surface area contributed by atoms with Gasteiger partial charge in [-0.3, -0.25) is 4.90 Å². The fourth-order valence-corrected chi connectivity index (χ4v) is 3.19. The molecule has 0 bridgehead atoms. The van der Waals surface area contributed by atoms with Crippen LogP contribution in [0.3, 0.4) is 0 Å². The van der Waals surface area contributed by atoms with Gasteiger partial charge in [0, 0.05) is 38.4 Å². The summed E-state index contributed by atoms with van der Waals surface area (Å²) in [4.78, 5) is 5.07. The van der Waals surface area contributed by atoms with Crippen molar-refractivity contribution in [3.8, 4) is 0 Å². The molecule has 0 radical (unpaired) electrons. The monoisotopic (exact) mass is 275 g/mol. The fraction of sp³-hybridized carbons (Fsp3) is 0.647. The highest BCUT2D eigenvalue weighted by molar-refractivity contribution is 5.46. The van der Waals surface area contributed by atoms with Gasteiger partial charge in [0.25, 0.3) is 0 Å². The predicted molar refractivity (Wildman–Crippen MR) is 87.2 cm³/mol. The van der Waals surface area contributed by atoms with E-state index in [4.69, 9.17) is 5.73 Å². The van der Waals surface area contributed by atoms with Crippen LogP contribution < -0.4 is 10.6 Å². The largest absolute Gasteiger partial charge is 0.369 e. The van der Waals surface area contributed by atoms with Crippen molar-refractivity contribution >= 4 is 5.69 Å². The molecule has 0 saturated carbocycles. The van der Waals surface area contributed by atoms with Gasteiger partial charge >= 0.3 is 0 Å². The Hall–Kier alpha value is -1.06. The number of anilines is 1. The topological polar surface area (TPSA) is 32.5 Å². The normalized spacial score (nSPS) is 19.9. The summed E-state index contributed by atoms with van der Waals surface area (Å²) in [6.07, 6.45) is 2.44. The van der Waals surface area contributed by atoms with Gasteiger partial charge in [0.2, 0.25) is 0 Å². The first-order chi connectivity index (χ1) is 9.67. The van der Waals surface area contributed by atoms with Crippen LogP contribution in [0.4, 0.5) is 5.69 Å². The minimum atomic E-state index is 0.281. The molecule has 20 heavy (non-hydrogen) atoms. The summed E-state index contributed by atoms with van der Waals surface area (Å²) in [5.74, 6) is 0. The average Bonchev–Trinajstić information content (AvgIpc) is 2.49. The Labute approximate surface area is 123 Å². The van der Waals surface area contributed by atoms with Crippen LogP contribution in [-0.4, -0.2) is 44.2 Å². The molecule has 1 fully saturated rings. The van der Waals surface area contributed by atoms with E-state index in [0.29, 0.717) is 0 Å². The summed E-state index contributed by atoms with van der Waals surface area (Å²) in [7, 11) is 0. The Bertz CT molecular complexity index is 384. The third-order valence-corrected chi connectivity index (χ3v) is 4.45. The summed E-state index contributed by atoms with van der Waals surface area (Å²) in [5, 5.41) is 0. The standard InChI is InChI=1S/C17H29N3/c1-3-9-17(2,14-18)15-19-10-12-20(13-11-19)16-7-5-4-6-8-16/h4-8H,3,9-15,18H2,1-2H3. The molecule has 1 saturated heterocycles. The summed E-state index contributed by atoms with van der Waals surface area (Å²) in [6, 6.07) is 10.7. The van der Waals surface area contributed by atoms with E-state index in [9.17, 15) is 0 Å². The van der Waals surface area contributed by atoms with E-state index in [2.05, 4.69) is 54.0 Å². The smallest absolute Gasteiger partial charge is 0.0367 e. The van der Waals surface area contributed by atoms with Crippen molar-refractivity contribution in [2.24, 2.45) is 11.1 Å². The van der Waals surface area contributed by atoms with Gasteiger partial charge in [-0.2, -0.15) is 0 Å². The highest BCUT2D eigenvalue weighted by Gasteiger charge is 2.27. The van der Waals surface area contributed by atoms with Crippen molar-refractivity contribution in [3.05, 3.63) is 30.3 Å². The fourth-order valence-electron chi connectivity index (χ4n) is 3.19. The molecular weight excluding hydrogens is 246 g/mol. The lowest BCUT2D eigenvalue weighted by Gasteiger charge is -2.40. The number of rotatable bonds is 6. The summed E-state index contributed by atoms with van der Waals surface area (Å²) < 4.78 is 0. The van der Waals surface area contributed by atoms with E-state index in [1.165, 1.54) is 18.5 Å². The minimum Gasteiger partial charge on any atom is -0.369 e. The van der Waals surface area contributed by atoms with Crippen LogP contribution in [0.25, 0.3) is 0 Å². The number of nitrogens with zero attached hydrogens (tertiary/aromatic N) is 2. The number of hydrogen-bond acceptors (Lipinski definition) is 3. The molecule has 3 nitrogen and oxygen atoms in total. The van der Waals surface area contributed by atoms with E-state index >= 15 is 0 Å². The molecule has 2 N–H and O–H groups in total. The molecule has 1 aromatic rings. The Kier molecular flexibility index (Phi) is 5.44. The van der Waals surface area contributed by atoms with Gasteiger partial charge in [-0.1, -0.05) is 38.5 Å². The number of para-hydroxylation sites is 1. The highest BCUT2D eigenvalue weighted by atomic mass is 15.3. The Balaban J connectivity index is 1.85.